The molecule has 2 aromatic rings. The van der Waals surface area contributed by atoms with Crippen molar-refractivity contribution in [2.75, 3.05) is 0 Å². The monoisotopic (exact) mass is 261 g/mol. The molecule has 2 rings (SSSR count). The number of aryl methyl sites for hydroxylation is 1. The van der Waals surface area contributed by atoms with E-state index in [4.69, 9.17) is 22.1 Å². The molecule has 0 saturated heterocycles. The number of benzene rings is 2. The summed E-state index contributed by atoms with van der Waals surface area (Å²) in [5.41, 5.74) is 8.91. The Labute approximate surface area is 112 Å². The Hall–Kier alpha value is -1.51. The maximum atomic E-state index is 5.95. The van der Waals surface area contributed by atoms with Gasteiger partial charge in [0.1, 0.15) is 12.4 Å². The van der Waals surface area contributed by atoms with Crippen molar-refractivity contribution >= 4 is 11.6 Å². The second kappa shape index (κ2) is 5.89. The number of halogens is 1. The molecule has 0 spiro atoms. The Bertz CT molecular complexity index is 540. The van der Waals surface area contributed by atoms with Crippen molar-refractivity contribution in [1.29, 1.82) is 0 Å². The van der Waals surface area contributed by atoms with Crippen LogP contribution < -0.4 is 10.5 Å². The first-order valence-electron chi connectivity index (χ1n) is 5.86. The molecule has 0 aliphatic heterocycles. The predicted molar refractivity (Wildman–Crippen MR) is 74.9 cm³/mol. The molecule has 0 aromatic heterocycles. The van der Waals surface area contributed by atoms with Gasteiger partial charge in [0.2, 0.25) is 0 Å². The first-order valence-corrected chi connectivity index (χ1v) is 6.23. The Balaban J connectivity index is 2.08. The summed E-state index contributed by atoms with van der Waals surface area (Å²) in [5.74, 6) is 0.820. The number of nitrogens with two attached hydrogens (primary N) is 1. The zero-order valence-electron chi connectivity index (χ0n) is 10.3. The summed E-state index contributed by atoms with van der Waals surface area (Å²) < 4.78 is 5.78. The molecule has 0 bridgehead atoms. The lowest BCUT2D eigenvalue weighted by molar-refractivity contribution is 0.304. The summed E-state index contributed by atoms with van der Waals surface area (Å²) in [6.07, 6.45) is 0. The van der Waals surface area contributed by atoms with Crippen LogP contribution in [0.25, 0.3) is 0 Å². The van der Waals surface area contributed by atoms with Crippen LogP contribution in [-0.4, -0.2) is 0 Å². The minimum atomic E-state index is 0.523. The van der Waals surface area contributed by atoms with Crippen LogP contribution in [0.5, 0.6) is 5.75 Å². The molecule has 0 heterocycles. The lowest BCUT2D eigenvalue weighted by Crippen LogP contribution is -2.00. The fourth-order valence-electron chi connectivity index (χ4n) is 1.74. The van der Waals surface area contributed by atoms with Gasteiger partial charge in [-0.2, -0.15) is 0 Å². The van der Waals surface area contributed by atoms with Crippen LogP contribution in [0.3, 0.4) is 0 Å². The van der Waals surface area contributed by atoms with Crippen molar-refractivity contribution in [3.05, 3.63) is 64.2 Å². The average Bonchev–Trinajstić information content (AvgIpc) is 2.40. The van der Waals surface area contributed by atoms with Crippen LogP contribution >= 0.6 is 11.6 Å². The van der Waals surface area contributed by atoms with Gasteiger partial charge in [0.25, 0.3) is 0 Å². The first kappa shape index (κ1) is 12.9. The molecule has 2 nitrogen and oxygen atoms in total. The van der Waals surface area contributed by atoms with Crippen molar-refractivity contribution in [3.63, 3.8) is 0 Å². The third-order valence-corrected chi connectivity index (χ3v) is 3.01. The third kappa shape index (κ3) is 3.25. The molecule has 18 heavy (non-hydrogen) atoms. The van der Waals surface area contributed by atoms with E-state index in [0.29, 0.717) is 18.2 Å². The van der Waals surface area contributed by atoms with E-state index in [9.17, 15) is 0 Å². The van der Waals surface area contributed by atoms with Gasteiger partial charge >= 0.3 is 0 Å². The minimum Gasteiger partial charge on any atom is -0.489 e. The Morgan fingerprint density at radius 2 is 1.89 bits per heavy atom. The molecular weight excluding hydrogens is 246 g/mol. The summed E-state index contributed by atoms with van der Waals surface area (Å²) in [7, 11) is 0. The number of hydrogen-bond acceptors (Lipinski definition) is 2. The topological polar surface area (TPSA) is 35.2 Å². The van der Waals surface area contributed by atoms with Crippen LogP contribution in [0.2, 0.25) is 5.02 Å². The van der Waals surface area contributed by atoms with Crippen molar-refractivity contribution in [2.24, 2.45) is 5.73 Å². The van der Waals surface area contributed by atoms with E-state index in [1.54, 1.807) is 0 Å². The molecule has 0 amide bonds. The van der Waals surface area contributed by atoms with Gasteiger partial charge in [0.05, 0.1) is 0 Å². The van der Waals surface area contributed by atoms with Gasteiger partial charge in [-0.25, -0.2) is 0 Å². The fraction of sp³-hybridized carbons (Fsp3) is 0.200. The van der Waals surface area contributed by atoms with Gasteiger partial charge in [-0.15, -0.1) is 0 Å². The van der Waals surface area contributed by atoms with Crippen LogP contribution in [0.1, 0.15) is 16.7 Å². The normalized spacial score (nSPS) is 10.4. The zero-order chi connectivity index (χ0) is 13.0. The standard InChI is InChI=1S/C15H16ClNO/c1-11-5-6-14(16)8-15(11)18-10-13-4-2-3-12(7-13)9-17/h2-8H,9-10,17H2,1H3. The maximum absolute atomic E-state index is 5.95. The Morgan fingerprint density at radius 1 is 1.11 bits per heavy atom. The Kier molecular flexibility index (Phi) is 4.24. The van der Waals surface area contributed by atoms with Gasteiger partial charge in [-0.05, 0) is 35.7 Å². The molecule has 0 saturated carbocycles. The molecule has 0 radical (unpaired) electrons. The third-order valence-electron chi connectivity index (χ3n) is 2.77. The van der Waals surface area contributed by atoms with Crippen molar-refractivity contribution < 1.29 is 4.74 Å². The summed E-state index contributed by atoms with van der Waals surface area (Å²) in [6, 6.07) is 13.7. The largest absolute Gasteiger partial charge is 0.489 e. The minimum absolute atomic E-state index is 0.523. The highest BCUT2D eigenvalue weighted by Crippen LogP contribution is 2.23. The molecule has 0 aliphatic rings. The zero-order valence-corrected chi connectivity index (χ0v) is 11.1. The highest BCUT2D eigenvalue weighted by atomic mass is 35.5. The first-order chi connectivity index (χ1) is 8.69. The molecule has 0 fully saturated rings. The van der Waals surface area contributed by atoms with Crippen molar-refractivity contribution in [2.45, 2.75) is 20.1 Å². The van der Waals surface area contributed by atoms with E-state index in [2.05, 4.69) is 6.07 Å². The highest BCUT2D eigenvalue weighted by molar-refractivity contribution is 6.30. The summed E-state index contributed by atoms with van der Waals surface area (Å²) >= 11 is 5.95. The number of hydrogen-bond donors (Lipinski definition) is 1. The van der Waals surface area contributed by atoms with Crippen molar-refractivity contribution in [3.8, 4) is 5.75 Å². The van der Waals surface area contributed by atoms with Gasteiger partial charge in [-0.3, -0.25) is 0 Å². The number of ether oxygens (including phenoxy) is 1. The number of rotatable bonds is 4. The van der Waals surface area contributed by atoms with Crippen LogP contribution in [0, 0.1) is 6.92 Å². The SMILES string of the molecule is Cc1ccc(Cl)cc1OCc1cccc(CN)c1. The van der Waals surface area contributed by atoms with E-state index in [1.807, 2.05) is 43.3 Å². The molecule has 0 unspecified atom stereocenters. The van der Waals surface area contributed by atoms with Crippen LogP contribution in [-0.2, 0) is 13.2 Å². The van der Waals surface area contributed by atoms with Crippen LogP contribution in [0.15, 0.2) is 42.5 Å². The average molecular weight is 262 g/mol. The van der Waals surface area contributed by atoms with E-state index in [0.717, 1.165) is 22.4 Å². The summed E-state index contributed by atoms with van der Waals surface area (Å²) in [5, 5.41) is 0.686. The van der Waals surface area contributed by atoms with Gasteiger partial charge < -0.3 is 10.5 Å². The van der Waals surface area contributed by atoms with E-state index in [-0.39, 0.29) is 0 Å². The molecule has 3 heteroatoms. The predicted octanol–water partition coefficient (Wildman–Crippen LogP) is 3.69. The highest BCUT2D eigenvalue weighted by Gasteiger charge is 2.02. The van der Waals surface area contributed by atoms with Crippen LogP contribution in [0.4, 0.5) is 0 Å². The summed E-state index contributed by atoms with van der Waals surface area (Å²) in [6.45, 7) is 3.07. The van der Waals surface area contributed by atoms with Gasteiger partial charge in [-0.1, -0.05) is 41.9 Å². The van der Waals surface area contributed by atoms with E-state index in [1.165, 1.54) is 0 Å². The molecular formula is C15H16ClNO. The lowest BCUT2D eigenvalue weighted by Gasteiger charge is -2.10. The molecule has 2 aromatic carbocycles. The van der Waals surface area contributed by atoms with Gasteiger partial charge in [0, 0.05) is 11.6 Å². The van der Waals surface area contributed by atoms with E-state index < -0.39 is 0 Å². The molecule has 0 atom stereocenters. The van der Waals surface area contributed by atoms with Gasteiger partial charge in [0.15, 0.2) is 0 Å². The Morgan fingerprint density at radius 3 is 2.67 bits per heavy atom. The second-order valence-corrected chi connectivity index (χ2v) is 4.66. The quantitative estimate of drug-likeness (QED) is 0.911. The molecule has 94 valence electrons. The van der Waals surface area contributed by atoms with E-state index >= 15 is 0 Å². The molecule has 2 N–H and O–H groups in total. The smallest absolute Gasteiger partial charge is 0.124 e. The lowest BCUT2D eigenvalue weighted by atomic mass is 10.1. The second-order valence-electron chi connectivity index (χ2n) is 4.22. The molecule has 0 aliphatic carbocycles. The summed E-state index contributed by atoms with van der Waals surface area (Å²) in [4.78, 5) is 0. The fourth-order valence-corrected chi connectivity index (χ4v) is 1.90. The maximum Gasteiger partial charge on any atom is 0.124 e. The van der Waals surface area contributed by atoms with Crippen molar-refractivity contribution in [1.82, 2.24) is 0 Å².